The van der Waals surface area contributed by atoms with Gasteiger partial charge in [-0.25, -0.2) is 9.97 Å². The van der Waals surface area contributed by atoms with E-state index in [9.17, 15) is 4.79 Å². The maximum absolute atomic E-state index is 13.2. The van der Waals surface area contributed by atoms with Gasteiger partial charge in [0.15, 0.2) is 0 Å². The Hall–Kier alpha value is -3.34. The number of rotatable bonds is 4. The highest BCUT2D eigenvalue weighted by Crippen LogP contribution is 2.31. The Balaban J connectivity index is 0.000000623. The molecule has 0 saturated heterocycles. The van der Waals surface area contributed by atoms with Crippen molar-refractivity contribution in [2.45, 2.75) is 32.9 Å². The molecule has 1 atom stereocenters. The van der Waals surface area contributed by atoms with Crippen molar-refractivity contribution in [3.8, 4) is 0 Å². The summed E-state index contributed by atoms with van der Waals surface area (Å²) in [5.41, 5.74) is 4.98. The number of quaternary nitrogens is 1. The van der Waals surface area contributed by atoms with Crippen LogP contribution in [0.15, 0.2) is 41.7 Å². The molecule has 6 heterocycles. The number of carboxylic acids is 1. The van der Waals surface area contributed by atoms with Gasteiger partial charge in [-0.3, -0.25) is 9.36 Å². The van der Waals surface area contributed by atoms with Gasteiger partial charge in [-0.05, 0) is 49.7 Å². The molecule has 0 amide bonds. The molecule has 0 radical (unpaired) electrons. The number of carbonyl (C=O) groups is 1. The van der Waals surface area contributed by atoms with Crippen LogP contribution < -0.4 is 15.6 Å². The van der Waals surface area contributed by atoms with Gasteiger partial charge in [0.05, 0.1) is 37.9 Å². The van der Waals surface area contributed by atoms with Gasteiger partial charge >= 0.3 is 0 Å². The topological polar surface area (TPSA) is 111 Å². The highest BCUT2D eigenvalue weighted by Gasteiger charge is 2.23. The predicted octanol–water partition coefficient (Wildman–Crippen LogP) is 0.451. The summed E-state index contributed by atoms with van der Waals surface area (Å²) in [5, 5.41) is 10.9. The molecule has 0 aromatic carbocycles. The first kappa shape index (κ1) is 24.4. The van der Waals surface area contributed by atoms with Crippen LogP contribution in [-0.4, -0.2) is 63.6 Å². The quantitative estimate of drug-likeness (QED) is 0.416. The van der Waals surface area contributed by atoms with Crippen LogP contribution in [0.3, 0.4) is 0 Å². The number of hydrogen-bond acceptors (Lipinski definition) is 7. The molecule has 4 aromatic heterocycles. The first-order valence-corrected chi connectivity index (χ1v) is 13.0. The minimum absolute atomic E-state index is 0.135. The van der Waals surface area contributed by atoms with E-state index in [1.54, 1.807) is 17.7 Å². The fraction of sp³-hybridized carbons (Fsp3) is 0.385. The van der Waals surface area contributed by atoms with E-state index in [1.807, 2.05) is 16.8 Å². The molecule has 0 saturated carbocycles. The summed E-state index contributed by atoms with van der Waals surface area (Å²) in [6.07, 6.45) is 9.98. The number of fused-ring (bicyclic) bond motifs is 4. The summed E-state index contributed by atoms with van der Waals surface area (Å²) in [6.45, 7) is 6.60. The summed E-state index contributed by atoms with van der Waals surface area (Å²) >= 11 is 1.69. The highest BCUT2D eigenvalue weighted by molar-refractivity contribution is 7.18. The molecule has 6 rings (SSSR count). The largest absolute Gasteiger partial charge is 0.550 e. The van der Waals surface area contributed by atoms with Crippen LogP contribution >= 0.6 is 11.3 Å². The molecule has 0 aliphatic carbocycles. The molecule has 0 fully saturated rings. The first-order chi connectivity index (χ1) is 17.4. The van der Waals surface area contributed by atoms with Crippen molar-refractivity contribution in [2.75, 3.05) is 33.2 Å². The van der Waals surface area contributed by atoms with Gasteiger partial charge in [0.2, 0.25) is 0 Å². The summed E-state index contributed by atoms with van der Waals surface area (Å²) in [5.74, 6) is -1.08. The number of pyridine rings is 1. The Morgan fingerprint density at radius 1 is 1.31 bits per heavy atom. The van der Waals surface area contributed by atoms with Crippen LogP contribution in [0.25, 0.3) is 26.8 Å². The summed E-state index contributed by atoms with van der Waals surface area (Å²) in [4.78, 5) is 40.5. The summed E-state index contributed by atoms with van der Waals surface area (Å²) in [6, 6.07) is 4.12. The number of aromatic nitrogens is 4. The summed E-state index contributed by atoms with van der Waals surface area (Å²) < 4.78 is 1.82. The number of carbonyl (C=O) groups excluding carboxylic acids is 1. The average molecular weight is 507 g/mol. The summed E-state index contributed by atoms with van der Waals surface area (Å²) in [7, 11) is 2.13. The van der Waals surface area contributed by atoms with Crippen molar-refractivity contribution in [3.05, 3.63) is 63.3 Å². The number of likely N-dealkylation sites (N-methyl/N-ethyl adjacent to an activating group) is 1. The lowest BCUT2D eigenvalue weighted by molar-refractivity contribution is -0.895. The van der Waals surface area contributed by atoms with Crippen molar-refractivity contribution < 1.29 is 14.8 Å². The molecule has 10 heteroatoms. The Kier molecular flexibility index (Phi) is 6.99. The lowest BCUT2D eigenvalue weighted by Crippen LogP contribution is -3.12. The van der Waals surface area contributed by atoms with Crippen LogP contribution in [0, 0.1) is 0 Å². The Labute approximate surface area is 212 Å². The maximum Gasteiger partial charge on any atom is 0.262 e. The van der Waals surface area contributed by atoms with E-state index in [0.717, 1.165) is 68.4 Å². The van der Waals surface area contributed by atoms with E-state index in [0.29, 0.717) is 6.54 Å². The molecule has 0 spiro atoms. The zero-order valence-electron chi connectivity index (χ0n) is 20.5. The Morgan fingerprint density at radius 3 is 2.92 bits per heavy atom. The molecule has 36 heavy (non-hydrogen) atoms. The second kappa shape index (κ2) is 10.3. The van der Waals surface area contributed by atoms with Gasteiger partial charge in [0.1, 0.15) is 10.5 Å². The molecule has 1 unspecified atom stereocenters. The van der Waals surface area contributed by atoms with Crippen LogP contribution in [-0.2, 0) is 24.3 Å². The first-order valence-electron chi connectivity index (χ1n) is 12.2. The average Bonchev–Trinajstić information content (AvgIpc) is 3.45. The van der Waals surface area contributed by atoms with Gasteiger partial charge < -0.3 is 24.7 Å². The third-order valence-electron chi connectivity index (χ3n) is 6.91. The van der Waals surface area contributed by atoms with Crippen molar-refractivity contribution >= 4 is 44.1 Å². The number of carboxylic acid groups (broad SMARTS) is 1. The van der Waals surface area contributed by atoms with Gasteiger partial charge in [0.25, 0.3) is 5.56 Å². The SMILES string of the molecule is CC(=O)[O-].CN1CCc2c(sc3ncn(CC[NH+]4CC=C(c5c[nH]c6ncccc56)CC4)c(=O)c23)C1. The third-order valence-corrected chi connectivity index (χ3v) is 8.03. The van der Waals surface area contributed by atoms with Crippen LogP contribution in [0.4, 0.5) is 0 Å². The van der Waals surface area contributed by atoms with E-state index in [-0.39, 0.29) is 5.56 Å². The molecule has 188 valence electrons. The number of thiophene rings is 1. The molecule has 2 aliphatic rings. The normalized spacial score (nSPS) is 17.9. The molecule has 4 aromatic rings. The zero-order chi connectivity index (χ0) is 25.2. The molecular weight excluding hydrogens is 476 g/mol. The van der Waals surface area contributed by atoms with Gasteiger partial charge in [-0.15, -0.1) is 11.3 Å². The lowest BCUT2D eigenvalue weighted by Gasteiger charge is -2.24. The number of aromatic amines is 1. The third kappa shape index (κ3) is 4.97. The van der Waals surface area contributed by atoms with Crippen molar-refractivity contribution in [1.29, 1.82) is 0 Å². The Morgan fingerprint density at radius 2 is 2.14 bits per heavy atom. The van der Waals surface area contributed by atoms with Gasteiger partial charge in [0, 0.05) is 53.7 Å². The molecular formula is C26H30N6O3S. The van der Waals surface area contributed by atoms with E-state index in [4.69, 9.17) is 9.90 Å². The second-order valence-electron chi connectivity index (χ2n) is 9.44. The smallest absolute Gasteiger partial charge is 0.262 e. The molecule has 2 aliphatic heterocycles. The fourth-order valence-electron chi connectivity index (χ4n) is 5.06. The van der Waals surface area contributed by atoms with Crippen molar-refractivity contribution in [2.24, 2.45) is 0 Å². The molecule has 9 nitrogen and oxygen atoms in total. The van der Waals surface area contributed by atoms with Crippen molar-refractivity contribution in [3.63, 3.8) is 0 Å². The van der Waals surface area contributed by atoms with E-state index < -0.39 is 5.97 Å². The molecule has 0 bridgehead atoms. The zero-order valence-corrected chi connectivity index (χ0v) is 21.4. The minimum atomic E-state index is -1.08. The van der Waals surface area contributed by atoms with Gasteiger partial charge in [-0.2, -0.15) is 0 Å². The minimum Gasteiger partial charge on any atom is -0.550 e. The van der Waals surface area contributed by atoms with E-state index >= 15 is 0 Å². The fourth-order valence-corrected chi connectivity index (χ4v) is 6.32. The van der Waals surface area contributed by atoms with E-state index in [2.05, 4.69) is 45.2 Å². The standard InChI is InChI=1S/C24H26N6OS.C2H4O2/c1-28-8-6-18-20(14-28)32-23-21(18)24(31)30(15-27-23)12-11-29-9-4-16(5-10-29)19-13-26-22-17(19)3-2-7-25-22;1-2(3)4/h2-4,7,13,15H,5-6,8-12,14H2,1H3,(H,25,26);1H3,(H,3,4). The van der Waals surface area contributed by atoms with Crippen molar-refractivity contribution in [1.82, 2.24) is 24.4 Å². The Bertz CT molecular complexity index is 1500. The van der Waals surface area contributed by atoms with E-state index in [1.165, 1.54) is 31.9 Å². The van der Waals surface area contributed by atoms with Crippen LogP contribution in [0.1, 0.15) is 29.3 Å². The number of nitrogens with zero attached hydrogens (tertiary/aromatic N) is 4. The number of H-pyrrole nitrogens is 1. The number of hydrogen-bond donors (Lipinski definition) is 2. The van der Waals surface area contributed by atoms with Crippen LogP contribution in [0.2, 0.25) is 0 Å². The number of aliphatic carboxylic acids is 1. The second-order valence-corrected chi connectivity index (χ2v) is 10.5. The van der Waals surface area contributed by atoms with Gasteiger partial charge in [-0.1, -0.05) is 0 Å². The predicted molar refractivity (Wildman–Crippen MR) is 139 cm³/mol. The lowest BCUT2D eigenvalue weighted by atomic mass is 9.99. The maximum atomic E-state index is 13.2. The number of nitrogens with one attached hydrogen (secondary N) is 2. The molecule has 2 N–H and O–H groups in total. The van der Waals surface area contributed by atoms with Crippen LogP contribution in [0.5, 0.6) is 0 Å². The highest BCUT2D eigenvalue weighted by atomic mass is 32.1. The monoisotopic (exact) mass is 506 g/mol.